The number of nitrogens with zero attached hydrogens (tertiary/aromatic N) is 2. The molecule has 0 amide bonds. The van der Waals surface area contributed by atoms with Crippen molar-refractivity contribution in [2.45, 2.75) is 46.6 Å². The van der Waals surface area contributed by atoms with Gasteiger partial charge < -0.3 is 10.2 Å². The molecule has 0 radical (unpaired) electrons. The van der Waals surface area contributed by atoms with Gasteiger partial charge in [-0.2, -0.15) is 0 Å². The maximum absolute atomic E-state index is 13.4. The maximum atomic E-state index is 13.4. The summed E-state index contributed by atoms with van der Waals surface area (Å²) < 4.78 is 13.4. The third-order valence-electron chi connectivity index (χ3n) is 4.42. The minimum atomic E-state index is -0.243. The van der Waals surface area contributed by atoms with E-state index >= 15 is 0 Å². The van der Waals surface area contributed by atoms with Gasteiger partial charge in [-0.05, 0) is 64.0 Å². The van der Waals surface area contributed by atoms with E-state index in [0.717, 1.165) is 42.7 Å². The van der Waals surface area contributed by atoms with E-state index in [1.165, 1.54) is 18.6 Å². The zero-order valence-electron chi connectivity index (χ0n) is 14.7. The third-order valence-corrected chi connectivity index (χ3v) is 4.42. The smallest absolute Gasteiger partial charge is 0.125 e. The molecule has 1 aromatic carbocycles. The highest BCUT2D eigenvalue weighted by atomic mass is 19.1. The highest BCUT2D eigenvalue weighted by Crippen LogP contribution is 2.27. The Morgan fingerprint density at radius 2 is 2.00 bits per heavy atom. The van der Waals surface area contributed by atoms with E-state index in [2.05, 4.69) is 36.0 Å². The molecule has 0 fully saturated rings. The zero-order chi connectivity index (χ0) is 16.8. The fourth-order valence-electron chi connectivity index (χ4n) is 2.94. The van der Waals surface area contributed by atoms with E-state index in [4.69, 9.17) is 0 Å². The number of fused-ring (bicyclic) bond motifs is 1. The lowest BCUT2D eigenvalue weighted by Crippen LogP contribution is -2.25. The van der Waals surface area contributed by atoms with Gasteiger partial charge in [-0.15, -0.1) is 0 Å². The molecule has 0 spiro atoms. The molecule has 0 aliphatic heterocycles. The van der Waals surface area contributed by atoms with E-state index in [-0.39, 0.29) is 5.82 Å². The number of anilines is 1. The van der Waals surface area contributed by atoms with Crippen LogP contribution in [0.2, 0.25) is 0 Å². The fraction of sp³-hybridized carbons (Fsp3) is 0.526. The fourth-order valence-corrected chi connectivity index (χ4v) is 2.94. The minimum Gasteiger partial charge on any atom is -0.382 e. The van der Waals surface area contributed by atoms with Crippen LogP contribution in [0.4, 0.5) is 10.1 Å². The molecule has 1 heterocycles. The van der Waals surface area contributed by atoms with Crippen LogP contribution in [0.15, 0.2) is 24.4 Å². The van der Waals surface area contributed by atoms with Crippen LogP contribution >= 0.6 is 0 Å². The highest BCUT2D eigenvalue weighted by molar-refractivity contribution is 5.92. The Bertz CT molecular complexity index is 638. The van der Waals surface area contributed by atoms with E-state index in [9.17, 15) is 4.39 Å². The summed E-state index contributed by atoms with van der Waals surface area (Å²) in [5.74, 6) is -0.243. The van der Waals surface area contributed by atoms with Crippen LogP contribution in [-0.4, -0.2) is 35.6 Å². The molecule has 126 valence electrons. The molecule has 1 atom stereocenters. The third kappa shape index (κ3) is 4.64. The summed E-state index contributed by atoms with van der Waals surface area (Å²) in [4.78, 5) is 6.78. The number of aryl methyl sites for hydroxylation is 1. The SMILES string of the molecule is CCN(CC)CCCC(C)Nc1c(C)cnc2cc(F)ccc12. The van der Waals surface area contributed by atoms with Crippen molar-refractivity contribution in [2.75, 3.05) is 25.0 Å². The largest absolute Gasteiger partial charge is 0.382 e. The average molecular weight is 317 g/mol. The molecule has 0 bridgehead atoms. The number of hydrogen-bond acceptors (Lipinski definition) is 3. The van der Waals surface area contributed by atoms with Gasteiger partial charge in [0.1, 0.15) is 5.82 Å². The summed E-state index contributed by atoms with van der Waals surface area (Å²) in [7, 11) is 0. The summed E-state index contributed by atoms with van der Waals surface area (Å²) >= 11 is 0. The lowest BCUT2D eigenvalue weighted by atomic mass is 10.1. The van der Waals surface area contributed by atoms with E-state index in [1.807, 2.05) is 19.2 Å². The van der Waals surface area contributed by atoms with Crippen molar-refractivity contribution in [1.82, 2.24) is 9.88 Å². The number of hydrogen-bond donors (Lipinski definition) is 1. The molecule has 23 heavy (non-hydrogen) atoms. The number of halogens is 1. The number of aromatic nitrogens is 1. The second-order valence-corrected chi connectivity index (χ2v) is 6.19. The van der Waals surface area contributed by atoms with Gasteiger partial charge in [0, 0.05) is 29.4 Å². The van der Waals surface area contributed by atoms with Crippen molar-refractivity contribution in [3.63, 3.8) is 0 Å². The van der Waals surface area contributed by atoms with Crippen LogP contribution in [-0.2, 0) is 0 Å². The summed E-state index contributed by atoms with van der Waals surface area (Å²) in [6.07, 6.45) is 4.10. The Kier molecular flexibility index (Phi) is 6.34. The molecule has 0 aliphatic rings. The second-order valence-electron chi connectivity index (χ2n) is 6.19. The molecule has 2 aromatic rings. The van der Waals surface area contributed by atoms with Gasteiger partial charge in [-0.25, -0.2) is 4.39 Å². The number of rotatable bonds is 8. The normalized spacial score (nSPS) is 12.8. The van der Waals surface area contributed by atoms with Gasteiger partial charge in [0.25, 0.3) is 0 Å². The van der Waals surface area contributed by atoms with Crippen molar-refractivity contribution in [3.8, 4) is 0 Å². The molecular weight excluding hydrogens is 289 g/mol. The molecule has 2 rings (SSSR count). The maximum Gasteiger partial charge on any atom is 0.125 e. The Labute approximate surface area is 138 Å². The predicted molar refractivity (Wildman–Crippen MR) is 96.5 cm³/mol. The molecule has 0 saturated heterocycles. The average Bonchev–Trinajstić information content (AvgIpc) is 2.54. The predicted octanol–water partition coefficient (Wildman–Crippen LogP) is 4.60. The summed E-state index contributed by atoms with van der Waals surface area (Å²) in [6.45, 7) is 12.0. The van der Waals surface area contributed by atoms with Crippen LogP contribution in [0, 0.1) is 12.7 Å². The van der Waals surface area contributed by atoms with Gasteiger partial charge in [-0.3, -0.25) is 4.98 Å². The minimum absolute atomic E-state index is 0.243. The summed E-state index contributed by atoms with van der Waals surface area (Å²) in [5.41, 5.74) is 2.87. The molecule has 4 heteroatoms. The number of pyridine rings is 1. The molecular formula is C19H28FN3. The van der Waals surface area contributed by atoms with Crippen LogP contribution in [0.1, 0.15) is 39.2 Å². The van der Waals surface area contributed by atoms with Crippen LogP contribution < -0.4 is 5.32 Å². The van der Waals surface area contributed by atoms with Crippen LogP contribution in [0.3, 0.4) is 0 Å². The van der Waals surface area contributed by atoms with Crippen molar-refractivity contribution in [1.29, 1.82) is 0 Å². The van der Waals surface area contributed by atoms with Gasteiger partial charge >= 0.3 is 0 Å². The Hall–Kier alpha value is -1.68. The summed E-state index contributed by atoms with van der Waals surface area (Å²) in [5, 5.41) is 4.59. The molecule has 0 aliphatic carbocycles. The van der Waals surface area contributed by atoms with Crippen molar-refractivity contribution in [3.05, 3.63) is 35.8 Å². The quantitative estimate of drug-likeness (QED) is 0.771. The Morgan fingerprint density at radius 3 is 2.70 bits per heavy atom. The lowest BCUT2D eigenvalue weighted by molar-refractivity contribution is 0.295. The molecule has 3 nitrogen and oxygen atoms in total. The first-order valence-corrected chi connectivity index (χ1v) is 8.58. The molecule has 0 saturated carbocycles. The highest BCUT2D eigenvalue weighted by Gasteiger charge is 2.10. The number of benzene rings is 1. The zero-order valence-corrected chi connectivity index (χ0v) is 14.7. The van der Waals surface area contributed by atoms with Crippen LogP contribution in [0.25, 0.3) is 10.9 Å². The monoisotopic (exact) mass is 317 g/mol. The van der Waals surface area contributed by atoms with Gasteiger partial charge in [0.2, 0.25) is 0 Å². The van der Waals surface area contributed by atoms with Gasteiger partial charge in [0.15, 0.2) is 0 Å². The first-order valence-electron chi connectivity index (χ1n) is 8.58. The van der Waals surface area contributed by atoms with Crippen molar-refractivity contribution < 1.29 is 4.39 Å². The first kappa shape index (κ1) is 17.7. The van der Waals surface area contributed by atoms with E-state index < -0.39 is 0 Å². The van der Waals surface area contributed by atoms with Crippen molar-refractivity contribution in [2.24, 2.45) is 0 Å². The summed E-state index contributed by atoms with van der Waals surface area (Å²) in [6, 6.07) is 5.18. The standard InChI is InChI=1S/C19H28FN3/c1-5-23(6-2)11-7-8-15(4)22-19-14(3)13-21-18-12-16(20)9-10-17(18)19/h9-10,12-13,15H,5-8,11H2,1-4H3,(H,21,22). The molecule has 1 unspecified atom stereocenters. The Morgan fingerprint density at radius 1 is 1.26 bits per heavy atom. The van der Waals surface area contributed by atoms with Gasteiger partial charge in [0.05, 0.1) is 5.52 Å². The topological polar surface area (TPSA) is 28.2 Å². The van der Waals surface area contributed by atoms with E-state index in [0.29, 0.717) is 11.6 Å². The first-order chi connectivity index (χ1) is 11.0. The van der Waals surface area contributed by atoms with E-state index in [1.54, 1.807) is 0 Å². The second kappa shape index (κ2) is 8.25. The van der Waals surface area contributed by atoms with Crippen molar-refractivity contribution >= 4 is 16.6 Å². The molecule has 1 aromatic heterocycles. The van der Waals surface area contributed by atoms with Crippen LogP contribution in [0.5, 0.6) is 0 Å². The molecule has 1 N–H and O–H groups in total. The Balaban J connectivity index is 2.04. The number of nitrogens with one attached hydrogen (secondary N) is 1. The van der Waals surface area contributed by atoms with Gasteiger partial charge in [-0.1, -0.05) is 13.8 Å². The lowest BCUT2D eigenvalue weighted by Gasteiger charge is -2.21.